The Morgan fingerprint density at radius 1 is 1.41 bits per heavy atom. The normalized spacial score (nSPS) is 20.6. The minimum Gasteiger partial charge on any atom is -0.332 e. The Labute approximate surface area is 173 Å². The fraction of sp³-hybridized carbons (Fsp3) is 0.450. The molecule has 0 spiro atoms. The average molecular weight is 420 g/mol. The number of halogens is 2. The van der Waals surface area contributed by atoms with Crippen LogP contribution in [0.2, 0.25) is 5.02 Å². The molecule has 4 rings (SSSR count). The van der Waals surface area contributed by atoms with Crippen LogP contribution in [0.1, 0.15) is 32.0 Å². The number of rotatable bonds is 3. The number of carbonyl (C=O) groups is 2. The van der Waals surface area contributed by atoms with Crippen molar-refractivity contribution in [1.82, 2.24) is 20.0 Å². The van der Waals surface area contributed by atoms with Gasteiger partial charge in [-0.05, 0) is 38.5 Å². The van der Waals surface area contributed by atoms with Gasteiger partial charge in [-0.25, -0.2) is 9.18 Å². The summed E-state index contributed by atoms with van der Waals surface area (Å²) >= 11 is 5.84. The van der Waals surface area contributed by atoms with Gasteiger partial charge in [-0.2, -0.15) is 5.10 Å². The van der Waals surface area contributed by atoms with Crippen molar-refractivity contribution >= 4 is 29.2 Å². The lowest BCUT2D eigenvalue weighted by atomic mass is 10.1. The van der Waals surface area contributed by atoms with Crippen LogP contribution in [0.4, 0.5) is 14.9 Å². The Hall–Kier alpha value is -2.61. The average Bonchev–Trinajstić information content (AvgIpc) is 3.15. The quantitative estimate of drug-likeness (QED) is 0.831. The number of nitrogens with one attached hydrogen (secondary N) is 1. The van der Waals surface area contributed by atoms with Gasteiger partial charge in [0.15, 0.2) is 0 Å². The highest BCUT2D eigenvalue weighted by atomic mass is 35.5. The zero-order chi connectivity index (χ0) is 20.9. The summed E-state index contributed by atoms with van der Waals surface area (Å²) in [5.41, 5.74) is 1.89. The molecular formula is C20H23ClFN5O2. The molecule has 1 aromatic carbocycles. The van der Waals surface area contributed by atoms with E-state index < -0.39 is 5.82 Å². The van der Waals surface area contributed by atoms with Crippen molar-refractivity contribution in [2.75, 3.05) is 11.4 Å². The minimum atomic E-state index is -0.505. The molecule has 0 saturated carbocycles. The number of benzene rings is 1. The van der Waals surface area contributed by atoms with E-state index in [1.807, 2.05) is 25.5 Å². The second-order valence-electron chi connectivity index (χ2n) is 8.35. The number of aromatic nitrogens is 2. The summed E-state index contributed by atoms with van der Waals surface area (Å²) in [6.45, 7) is 7.32. The first-order valence-electron chi connectivity index (χ1n) is 9.52. The highest BCUT2D eigenvalue weighted by molar-refractivity contribution is 6.30. The third kappa shape index (κ3) is 3.69. The van der Waals surface area contributed by atoms with E-state index in [0.717, 1.165) is 11.4 Å². The molecule has 154 valence electrons. The van der Waals surface area contributed by atoms with E-state index in [2.05, 4.69) is 10.4 Å². The summed E-state index contributed by atoms with van der Waals surface area (Å²) < 4.78 is 15.2. The summed E-state index contributed by atoms with van der Waals surface area (Å²) in [4.78, 5) is 28.8. The van der Waals surface area contributed by atoms with Gasteiger partial charge < -0.3 is 10.2 Å². The van der Waals surface area contributed by atoms with Crippen LogP contribution in [0.15, 0.2) is 24.4 Å². The number of anilines is 1. The molecule has 3 amide bonds. The molecule has 1 N–H and O–H groups in total. The van der Waals surface area contributed by atoms with Crippen molar-refractivity contribution in [1.29, 1.82) is 0 Å². The van der Waals surface area contributed by atoms with Gasteiger partial charge in [-0.3, -0.25) is 14.4 Å². The van der Waals surface area contributed by atoms with Crippen LogP contribution in [0.5, 0.6) is 0 Å². The summed E-state index contributed by atoms with van der Waals surface area (Å²) in [7, 11) is 0. The molecule has 0 aliphatic carbocycles. The molecule has 2 aromatic rings. The third-order valence-electron chi connectivity index (χ3n) is 5.41. The van der Waals surface area contributed by atoms with Crippen molar-refractivity contribution in [2.45, 2.75) is 51.9 Å². The Balaban J connectivity index is 1.56. The van der Waals surface area contributed by atoms with E-state index >= 15 is 0 Å². The first-order valence-corrected chi connectivity index (χ1v) is 9.90. The van der Waals surface area contributed by atoms with Gasteiger partial charge in [-0.1, -0.05) is 17.7 Å². The van der Waals surface area contributed by atoms with Crippen molar-refractivity contribution < 1.29 is 14.0 Å². The van der Waals surface area contributed by atoms with Crippen LogP contribution < -0.4 is 10.2 Å². The van der Waals surface area contributed by atoms with Gasteiger partial charge >= 0.3 is 6.03 Å². The van der Waals surface area contributed by atoms with E-state index in [1.165, 1.54) is 12.1 Å². The topological polar surface area (TPSA) is 70.5 Å². The Kier molecular flexibility index (Phi) is 4.77. The van der Waals surface area contributed by atoms with E-state index in [1.54, 1.807) is 22.1 Å². The molecule has 0 bridgehead atoms. The van der Waals surface area contributed by atoms with Gasteiger partial charge in [-0.15, -0.1) is 0 Å². The Morgan fingerprint density at radius 2 is 2.17 bits per heavy atom. The number of amides is 3. The van der Waals surface area contributed by atoms with Crippen LogP contribution in [-0.2, 0) is 24.3 Å². The van der Waals surface area contributed by atoms with Gasteiger partial charge in [0.25, 0.3) is 0 Å². The summed E-state index contributed by atoms with van der Waals surface area (Å²) in [6.07, 6.45) is 1.82. The third-order valence-corrected chi connectivity index (χ3v) is 5.70. The van der Waals surface area contributed by atoms with E-state index in [0.29, 0.717) is 25.2 Å². The number of nitrogens with zero attached hydrogens (tertiary/aromatic N) is 4. The van der Waals surface area contributed by atoms with Crippen molar-refractivity contribution in [3.05, 3.63) is 46.5 Å². The maximum Gasteiger partial charge on any atom is 0.322 e. The zero-order valence-corrected chi connectivity index (χ0v) is 17.3. The summed E-state index contributed by atoms with van der Waals surface area (Å²) in [6, 6.07) is 4.10. The smallest absolute Gasteiger partial charge is 0.322 e. The molecule has 1 atom stereocenters. The fourth-order valence-electron chi connectivity index (χ4n) is 3.93. The van der Waals surface area contributed by atoms with Gasteiger partial charge in [0.05, 0.1) is 54.2 Å². The molecule has 0 unspecified atom stereocenters. The van der Waals surface area contributed by atoms with Crippen LogP contribution in [0.3, 0.4) is 0 Å². The standard InChI is InChI=1S/C20H23ClFN5O2/c1-12-9-27-17(16(8-23-27)26-11-20(2,3)24-19(26)29)10-25(12)18(28)7-13-4-5-15(22)14(21)6-13/h4-6,8,12H,7,9-11H2,1-3H3,(H,24,29)/t12-/m0/s1. The highest BCUT2D eigenvalue weighted by Crippen LogP contribution is 2.31. The number of hydrogen-bond donors (Lipinski definition) is 1. The molecule has 1 saturated heterocycles. The number of urea groups is 1. The molecule has 2 aliphatic rings. The highest BCUT2D eigenvalue weighted by Gasteiger charge is 2.39. The van der Waals surface area contributed by atoms with E-state index in [-0.39, 0.29) is 35.0 Å². The van der Waals surface area contributed by atoms with Gasteiger partial charge in [0.2, 0.25) is 5.91 Å². The number of carbonyl (C=O) groups excluding carboxylic acids is 2. The van der Waals surface area contributed by atoms with Crippen LogP contribution in [-0.4, -0.2) is 44.7 Å². The molecule has 0 radical (unpaired) electrons. The predicted molar refractivity (Wildman–Crippen MR) is 107 cm³/mol. The van der Waals surface area contributed by atoms with Crippen LogP contribution in [0, 0.1) is 5.82 Å². The van der Waals surface area contributed by atoms with Crippen LogP contribution >= 0.6 is 11.6 Å². The molecule has 7 nitrogen and oxygen atoms in total. The molecule has 2 aliphatic heterocycles. The lowest BCUT2D eigenvalue weighted by molar-refractivity contribution is -0.134. The van der Waals surface area contributed by atoms with Crippen molar-refractivity contribution in [3.8, 4) is 0 Å². The molecule has 29 heavy (non-hydrogen) atoms. The number of hydrogen-bond acceptors (Lipinski definition) is 3. The first-order chi connectivity index (χ1) is 13.6. The SMILES string of the molecule is C[C@H]1Cn2ncc(N3CC(C)(C)NC3=O)c2CN1C(=O)Cc1ccc(F)c(Cl)c1. The van der Waals surface area contributed by atoms with E-state index in [4.69, 9.17) is 11.6 Å². The first kappa shape index (κ1) is 19.7. The molecule has 1 fully saturated rings. The van der Waals surface area contributed by atoms with Crippen molar-refractivity contribution in [2.24, 2.45) is 0 Å². The molecule has 9 heteroatoms. The monoisotopic (exact) mass is 419 g/mol. The number of fused-ring (bicyclic) bond motifs is 1. The second kappa shape index (κ2) is 7.02. The minimum absolute atomic E-state index is 0.00464. The van der Waals surface area contributed by atoms with Gasteiger partial charge in [0.1, 0.15) is 5.82 Å². The lowest BCUT2D eigenvalue weighted by Crippen LogP contribution is -2.46. The molecule has 1 aromatic heterocycles. The second-order valence-corrected chi connectivity index (χ2v) is 8.76. The molecular weight excluding hydrogens is 397 g/mol. The maximum atomic E-state index is 13.4. The lowest BCUT2D eigenvalue weighted by Gasteiger charge is -2.35. The Morgan fingerprint density at radius 3 is 2.83 bits per heavy atom. The zero-order valence-electron chi connectivity index (χ0n) is 16.6. The summed E-state index contributed by atoms with van der Waals surface area (Å²) in [5.74, 6) is -0.584. The van der Waals surface area contributed by atoms with Crippen LogP contribution in [0.25, 0.3) is 0 Å². The van der Waals surface area contributed by atoms with Crippen molar-refractivity contribution in [3.63, 3.8) is 0 Å². The predicted octanol–water partition coefficient (Wildman–Crippen LogP) is 2.96. The largest absolute Gasteiger partial charge is 0.332 e. The van der Waals surface area contributed by atoms with E-state index in [9.17, 15) is 14.0 Å². The van der Waals surface area contributed by atoms with Gasteiger partial charge in [0, 0.05) is 6.04 Å². The fourth-order valence-corrected chi connectivity index (χ4v) is 4.13. The molecule has 3 heterocycles. The maximum absolute atomic E-state index is 13.4. The Bertz CT molecular complexity index is 989. The summed E-state index contributed by atoms with van der Waals surface area (Å²) in [5, 5.41) is 7.39.